The SMILES string of the molecule is CC(=O)Cn1c(C)cc(=O)c2cc(Br)ccc21. The zero-order valence-corrected chi connectivity index (χ0v) is 11.2. The maximum absolute atomic E-state index is 11.9. The highest BCUT2D eigenvalue weighted by Crippen LogP contribution is 2.18. The number of carbonyl (C=O) groups is 1. The Hall–Kier alpha value is -1.42. The molecule has 0 radical (unpaired) electrons. The van der Waals surface area contributed by atoms with Crippen LogP contribution in [0, 0.1) is 6.92 Å². The van der Waals surface area contributed by atoms with E-state index < -0.39 is 0 Å². The van der Waals surface area contributed by atoms with Crippen LogP contribution in [0.1, 0.15) is 12.6 Å². The number of aromatic nitrogens is 1. The number of hydrogen-bond acceptors (Lipinski definition) is 2. The molecule has 0 aliphatic heterocycles. The molecule has 0 unspecified atom stereocenters. The lowest BCUT2D eigenvalue weighted by atomic mass is 10.1. The van der Waals surface area contributed by atoms with E-state index in [9.17, 15) is 9.59 Å². The lowest BCUT2D eigenvalue weighted by Crippen LogP contribution is -2.15. The van der Waals surface area contributed by atoms with Crippen molar-refractivity contribution >= 4 is 32.6 Å². The summed E-state index contributed by atoms with van der Waals surface area (Å²) in [5.74, 6) is 0.0703. The Morgan fingerprint density at radius 3 is 2.71 bits per heavy atom. The average molecular weight is 294 g/mol. The molecule has 1 aromatic carbocycles. The number of carbonyl (C=O) groups excluding carboxylic acids is 1. The van der Waals surface area contributed by atoms with E-state index in [1.807, 2.05) is 23.6 Å². The van der Waals surface area contributed by atoms with Gasteiger partial charge in [0.15, 0.2) is 5.43 Å². The second-order valence-corrected chi connectivity index (χ2v) is 5.02. The van der Waals surface area contributed by atoms with Crippen LogP contribution in [-0.2, 0) is 11.3 Å². The molecule has 1 aromatic heterocycles. The number of Topliss-reactive ketones (excluding diaryl/α,β-unsaturated/α-hetero) is 1. The van der Waals surface area contributed by atoms with Gasteiger partial charge in [-0.1, -0.05) is 15.9 Å². The largest absolute Gasteiger partial charge is 0.337 e. The number of rotatable bonds is 2. The molecule has 3 nitrogen and oxygen atoms in total. The summed E-state index contributed by atoms with van der Waals surface area (Å²) in [6, 6.07) is 7.08. The van der Waals surface area contributed by atoms with Gasteiger partial charge in [0.2, 0.25) is 0 Å². The van der Waals surface area contributed by atoms with Crippen LogP contribution in [0.2, 0.25) is 0 Å². The number of halogens is 1. The molecule has 0 spiro atoms. The molecule has 0 saturated carbocycles. The van der Waals surface area contributed by atoms with E-state index in [4.69, 9.17) is 0 Å². The molecule has 0 saturated heterocycles. The van der Waals surface area contributed by atoms with Crippen LogP contribution in [0.4, 0.5) is 0 Å². The van der Waals surface area contributed by atoms with Crippen LogP contribution >= 0.6 is 15.9 Å². The molecular formula is C13H12BrNO2. The molecule has 0 amide bonds. The summed E-state index contributed by atoms with van der Waals surface area (Å²) >= 11 is 3.35. The third-order valence-electron chi connectivity index (χ3n) is 2.66. The van der Waals surface area contributed by atoms with Gasteiger partial charge in [0.1, 0.15) is 5.78 Å². The molecule has 4 heteroatoms. The highest BCUT2D eigenvalue weighted by molar-refractivity contribution is 9.10. The van der Waals surface area contributed by atoms with E-state index in [0.29, 0.717) is 11.9 Å². The molecule has 88 valence electrons. The maximum atomic E-state index is 11.9. The van der Waals surface area contributed by atoms with Gasteiger partial charge < -0.3 is 4.57 Å². The number of fused-ring (bicyclic) bond motifs is 1. The second kappa shape index (κ2) is 4.45. The van der Waals surface area contributed by atoms with E-state index >= 15 is 0 Å². The number of hydrogen-bond donors (Lipinski definition) is 0. The molecule has 2 rings (SSSR count). The minimum atomic E-state index is -0.0152. The molecule has 0 aliphatic rings. The first-order valence-corrected chi connectivity index (χ1v) is 6.07. The minimum absolute atomic E-state index is 0.0152. The smallest absolute Gasteiger partial charge is 0.189 e. The average Bonchev–Trinajstić information content (AvgIpc) is 2.24. The second-order valence-electron chi connectivity index (χ2n) is 4.10. The Bertz CT molecular complexity index is 658. The first-order valence-electron chi connectivity index (χ1n) is 5.28. The fraction of sp³-hybridized carbons (Fsp3) is 0.231. The lowest BCUT2D eigenvalue weighted by Gasteiger charge is -2.13. The van der Waals surface area contributed by atoms with Crippen LogP contribution in [0.15, 0.2) is 33.5 Å². The lowest BCUT2D eigenvalue weighted by molar-refractivity contribution is -0.117. The van der Waals surface area contributed by atoms with Crippen molar-refractivity contribution in [1.82, 2.24) is 4.57 Å². The van der Waals surface area contributed by atoms with Crippen molar-refractivity contribution in [3.63, 3.8) is 0 Å². The Kier molecular flexibility index (Phi) is 3.15. The molecule has 0 aliphatic carbocycles. The zero-order chi connectivity index (χ0) is 12.6. The van der Waals surface area contributed by atoms with Crippen LogP contribution in [-0.4, -0.2) is 10.4 Å². The summed E-state index contributed by atoms with van der Waals surface area (Å²) in [4.78, 5) is 23.1. The number of nitrogens with zero attached hydrogens (tertiary/aromatic N) is 1. The quantitative estimate of drug-likeness (QED) is 0.854. The summed E-state index contributed by atoms with van der Waals surface area (Å²) in [5, 5.41) is 0.631. The van der Waals surface area contributed by atoms with Gasteiger partial charge in [-0.3, -0.25) is 9.59 Å². The van der Waals surface area contributed by atoms with Crippen molar-refractivity contribution < 1.29 is 4.79 Å². The number of pyridine rings is 1. The van der Waals surface area contributed by atoms with Crippen molar-refractivity contribution in [2.45, 2.75) is 20.4 Å². The van der Waals surface area contributed by atoms with Gasteiger partial charge in [-0.15, -0.1) is 0 Å². The Morgan fingerprint density at radius 2 is 2.06 bits per heavy atom. The van der Waals surface area contributed by atoms with Gasteiger partial charge in [-0.25, -0.2) is 0 Å². The van der Waals surface area contributed by atoms with E-state index in [2.05, 4.69) is 15.9 Å². The van der Waals surface area contributed by atoms with E-state index in [1.165, 1.54) is 0 Å². The van der Waals surface area contributed by atoms with Gasteiger partial charge in [0, 0.05) is 21.6 Å². The fourth-order valence-corrected chi connectivity index (χ4v) is 2.27. The first-order chi connectivity index (χ1) is 7.99. The Labute approximate surface area is 107 Å². The van der Waals surface area contributed by atoms with Crippen molar-refractivity contribution in [2.24, 2.45) is 0 Å². The summed E-state index contributed by atoms with van der Waals surface area (Å²) in [7, 11) is 0. The number of aryl methyl sites for hydroxylation is 1. The predicted molar refractivity (Wildman–Crippen MR) is 71.3 cm³/mol. The third-order valence-corrected chi connectivity index (χ3v) is 3.15. The first kappa shape index (κ1) is 12.0. The normalized spacial score (nSPS) is 10.8. The van der Waals surface area contributed by atoms with Crippen molar-refractivity contribution in [3.05, 3.63) is 44.7 Å². The Balaban J connectivity index is 2.83. The molecular weight excluding hydrogens is 282 g/mol. The van der Waals surface area contributed by atoms with Gasteiger partial charge in [-0.2, -0.15) is 0 Å². The maximum Gasteiger partial charge on any atom is 0.189 e. The van der Waals surface area contributed by atoms with Crippen LogP contribution in [0.25, 0.3) is 10.9 Å². The number of ketones is 1. The van der Waals surface area contributed by atoms with Crippen LogP contribution in [0.3, 0.4) is 0 Å². The standard InChI is InChI=1S/C13H12BrNO2/c1-8-5-13(17)11-6-10(14)3-4-12(11)15(8)7-9(2)16/h3-6H,7H2,1-2H3. The van der Waals surface area contributed by atoms with Crippen molar-refractivity contribution in [1.29, 1.82) is 0 Å². The minimum Gasteiger partial charge on any atom is -0.337 e. The molecule has 17 heavy (non-hydrogen) atoms. The topological polar surface area (TPSA) is 39.1 Å². The zero-order valence-electron chi connectivity index (χ0n) is 9.66. The monoisotopic (exact) mass is 293 g/mol. The molecule has 0 fully saturated rings. The van der Waals surface area contributed by atoms with Gasteiger partial charge in [-0.05, 0) is 32.0 Å². The van der Waals surface area contributed by atoms with Crippen molar-refractivity contribution in [3.8, 4) is 0 Å². The van der Waals surface area contributed by atoms with Gasteiger partial charge in [0.25, 0.3) is 0 Å². The summed E-state index contributed by atoms with van der Waals surface area (Å²) in [6.07, 6.45) is 0. The molecule has 0 N–H and O–H groups in total. The van der Waals surface area contributed by atoms with E-state index in [-0.39, 0.29) is 11.2 Å². The molecule has 2 aromatic rings. The van der Waals surface area contributed by atoms with Gasteiger partial charge >= 0.3 is 0 Å². The molecule has 0 atom stereocenters. The number of benzene rings is 1. The van der Waals surface area contributed by atoms with Gasteiger partial charge in [0.05, 0.1) is 12.1 Å². The summed E-state index contributed by atoms with van der Waals surface area (Å²) < 4.78 is 2.73. The van der Waals surface area contributed by atoms with E-state index in [1.54, 1.807) is 19.1 Å². The Morgan fingerprint density at radius 1 is 1.35 bits per heavy atom. The highest BCUT2D eigenvalue weighted by atomic mass is 79.9. The molecule has 0 bridgehead atoms. The predicted octanol–water partition coefficient (Wildman–Crippen LogP) is 2.66. The fourth-order valence-electron chi connectivity index (χ4n) is 1.91. The summed E-state index contributed by atoms with van der Waals surface area (Å²) in [6.45, 7) is 3.68. The van der Waals surface area contributed by atoms with E-state index in [0.717, 1.165) is 15.7 Å². The summed E-state index contributed by atoms with van der Waals surface area (Å²) in [5.41, 5.74) is 1.59. The highest BCUT2D eigenvalue weighted by Gasteiger charge is 2.08. The van der Waals surface area contributed by atoms with Crippen LogP contribution < -0.4 is 5.43 Å². The van der Waals surface area contributed by atoms with Crippen LogP contribution in [0.5, 0.6) is 0 Å². The van der Waals surface area contributed by atoms with Crippen molar-refractivity contribution in [2.75, 3.05) is 0 Å². The molecule has 1 heterocycles. The third kappa shape index (κ3) is 2.31.